The molecule has 2 amide bonds. The van der Waals surface area contributed by atoms with E-state index in [1.54, 1.807) is 6.20 Å². The molecule has 1 aromatic rings. The summed E-state index contributed by atoms with van der Waals surface area (Å²) < 4.78 is 5.22. The van der Waals surface area contributed by atoms with Crippen molar-refractivity contribution in [1.82, 2.24) is 15.6 Å². The minimum atomic E-state index is -0.587. The first-order valence-electron chi connectivity index (χ1n) is 6.43. The lowest BCUT2D eigenvalue weighted by atomic mass is 10.2. The number of ether oxygens (including phenoxy) is 1. The molecule has 1 aliphatic rings. The number of rotatable bonds is 6. The predicted octanol–water partition coefficient (Wildman–Crippen LogP) is 0.295. The first kappa shape index (κ1) is 14.3. The van der Waals surface area contributed by atoms with Crippen LogP contribution in [0, 0.1) is 0 Å². The Labute approximate surface area is 121 Å². The maximum absolute atomic E-state index is 11.1. The number of carbonyl (C=O) groups excluding carboxylic acids is 2. The third-order valence-corrected chi connectivity index (χ3v) is 3.21. The van der Waals surface area contributed by atoms with Gasteiger partial charge in [-0.3, -0.25) is 14.6 Å². The van der Waals surface area contributed by atoms with E-state index in [4.69, 9.17) is 10.5 Å². The Balaban J connectivity index is 0. The molecule has 0 aromatic carbocycles. The van der Waals surface area contributed by atoms with Gasteiger partial charge in [-0.1, -0.05) is 0 Å². The SMILES string of the molecule is COc1cc(C(N)=O)ncc1CNCC1CCC(=O)N1.[HH].[HH].[HH]. The fraction of sp³-hybridized carbons (Fsp3) is 0.462. The molecule has 0 bridgehead atoms. The quantitative estimate of drug-likeness (QED) is 0.696. The number of nitrogens with zero attached hydrogens (tertiary/aromatic N) is 1. The van der Waals surface area contributed by atoms with E-state index < -0.39 is 5.91 Å². The smallest absolute Gasteiger partial charge is 0.267 e. The van der Waals surface area contributed by atoms with Gasteiger partial charge in [0.15, 0.2) is 0 Å². The highest BCUT2D eigenvalue weighted by molar-refractivity contribution is 5.91. The zero-order valence-corrected chi connectivity index (χ0v) is 11.3. The molecule has 1 atom stereocenters. The number of nitrogens with one attached hydrogen (secondary N) is 2. The van der Waals surface area contributed by atoms with Gasteiger partial charge in [0.2, 0.25) is 5.91 Å². The summed E-state index contributed by atoms with van der Waals surface area (Å²) in [6.45, 7) is 1.23. The van der Waals surface area contributed by atoms with Crippen LogP contribution in [-0.4, -0.2) is 36.5 Å². The average Bonchev–Trinajstić information content (AvgIpc) is 2.84. The second kappa shape index (κ2) is 6.33. The van der Waals surface area contributed by atoms with E-state index >= 15 is 0 Å². The van der Waals surface area contributed by atoms with Crippen molar-refractivity contribution in [3.05, 3.63) is 23.5 Å². The van der Waals surface area contributed by atoms with Gasteiger partial charge in [-0.15, -0.1) is 0 Å². The van der Waals surface area contributed by atoms with Crippen LogP contribution in [0.1, 0.15) is 33.2 Å². The molecule has 0 saturated carbocycles. The Hall–Kier alpha value is -2.15. The molecule has 0 radical (unpaired) electrons. The van der Waals surface area contributed by atoms with Crippen LogP contribution in [0.3, 0.4) is 0 Å². The molecular weight excluding hydrogens is 260 g/mol. The van der Waals surface area contributed by atoms with Crippen molar-refractivity contribution in [2.24, 2.45) is 5.73 Å². The molecule has 7 heteroatoms. The van der Waals surface area contributed by atoms with Gasteiger partial charge in [0.05, 0.1) is 7.11 Å². The van der Waals surface area contributed by atoms with Gasteiger partial charge in [0, 0.05) is 47.7 Å². The lowest BCUT2D eigenvalue weighted by Gasteiger charge is -2.13. The van der Waals surface area contributed by atoms with Crippen molar-refractivity contribution in [2.75, 3.05) is 13.7 Å². The van der Waals surface area contributed by atoms with Crippen LogP contribution in [0.2, 0.25) is 0 Å². The molecule has 1 aromatic heterocycles. The Morgan fingerprint density at radius 2 is 2.50 bits per heavy atom. The number of primary amides is 1. The Bertz CT molecular complexity index is 531. The number of methoxy groups -OCH3 is 1. The van der Waals surface area contributed by atoms with E-state index in [0.29, 0.717) is 25.3 Å². The summed E-state index contributed by atoms with van der Waals surface area (Å²) in [5.41, 5.74) is 6.18. The van der Waals surface area contributed by atoms with Gasteiger partial charge in [0.25, 0.3) is 5.91 Å². The van der Waals surface area contributed by atoms with Crippen LogP contribution in [0.4, 0.5) is 0 Å². The third kappa shape index (κ3) is 3.45. The largest absolute Gasteiger partial charge is 0.496 e. The van der Waals surface area contributed by atoms with E-state index in [1.165, 1.54) is 13.2 Å². The molecule has 4 N–H and O–H groups in total. The van der Waals surface area contributed by atoms with Crippen LogP contribution < -0.4 is 21.1 Å². The van der Waals surface area contributed by atoms with E-state index in [9.17, 15) is 9.59 Å². The van der Waals surface area contributed by atoms with E-state index in [0.717, 1.165) is 12.0 Å². The van der Waals surface area contributed by atoms with E-state index in [1.807, 2.05) is 0 Å². The molecule has 2 rings (SSSR count). The minimum absolute atomic E-state index is 0. The molecule has 2 heterocycles. The van der Waals surface area contributed by atoms with Crippen molar-refractivity contribution in [2.45, 2.75) is 25.4 Å². The molecule has 20 heavy (non-hydrogen) atoms. The zero-order valence-electron chi connectivity index (χ0n) is 11.3. The molecule has 0 aliphatic carbocycles. The number of nitrogens with two attached hydrogens (primary N) is 1. The lowest BCUT2D eigenvalue weighted by Crippen LogP contribution is -2.35. The molecule has 114 valence electrons. The summed E-state index contributed by atoms with van der Waals surface area (Å²) in [4.78, 5) is 26.1. The lowest BCUT2D eigenvalue weighted by molar-refractivity contribution is -0.119. The summed E-state index contributed by atoms with van der Waals surface area (Å²) in [5.74, 6) is 0.0788. The summed E-state index contributed by atoms with van der Waals surface area (Å²) in [6, 6.07) is 1.70. The molecular formula is C13H24N4O3. The fourth-order valence-electron chi connectivity index (χ4n) is 2.13. The maximum atomic E-state index is 11.1. The number of amides is 2. The summed E-state index contributed by atoms with van der Waals surface area (Å²) in [5, 5.41) is 6.12. The van der Waals surface area contributed by atoms with Crippen molar-refractivity contribution in [1.29, 1.82) is 0 Å². The normalized spacial score (nSPS) is 17.9. The molecule has 1 saturated heterocycles. The standard InChI is InChI=1S/C13H18N4O3.3H2/c1-20-11-4-10(13(14)19)16-6-8(11)5-15-7-9-2-3-12(18)17-9;;;/h4,6,9,15H,2-3,5,7H2,1H3,(H2,14,19)(H,17,18);3*1H. The second-order valence-corrected chi connectivity index (χ2v) is 4.68. The Morgan fingerprint density at radius 3 is 3.10 bits per heavy atom. The van der Waals surface area contributed by atoms with Crippen LogP contribution in [0.25, 0.3) is 0 Å². The highest BCUT2D eigenvalue weighted by Crippen LogP contribution is 2.18. The summed E-state index contributed by atoms with van der Waals surface area (Å²) in [6.07, 6.45) is 3.01. The van der Waals surface area contributed by atoms with Gasteiger partial charge >= 0.3 is 0 Å². The second-order valence-electron chi connectivity index (χ2n) is 4.68. The number of carbonyl (C=O) groups is 2. The molecule has 1 aliphatic heterocycles. The van der Waals surface area contributed by atoms with Crippen molar-refractivity contribution in [3.63, 3.8) is 0 Å². The van der Waals surface area contributed by atoms with Crippen LogP contribution >= 0.6 is 0 Å². The predicted molar refractivity (Wildman–Crippen MR) is 78.5 cm³/mol. The van der Waals surface area contributed by atoms with Gasteiger partial charge in [0.1, 0.15) is 11.4 Å². The van der Waals surface area contributed by atoms with Gasteiger partial charge in [-0.05, 0) is 6.42 Å². The molecule has 1 unspecified atom stereocenters. The first-order chi connectivity index (χ1) is 9.60. The van der Waals surface area contributed by atoms with Crippen LogP contribution in [0.15, 0.2) is 12.3 Å². The fourth-order valence-corrected chi connectivity index (χ4v) is 2.13. The van der Waals surface area contributed by atoms with Gasteiger partial charge in [-0.2, -0.15) is 0 Å². The zero-order chi connectivity index (χ0) is 14.5. The maximum Gasteiger partial charge on any atom is 0.267 e. The van der Waals surface area contributed by atoms with Gasteiger partial charge in [-0.25, -0.2) is 0 Å². The Morgan fingerprint density at radius 1 is 1.70 bits per heavy atom. The van der Waals surface area contributed by atoms with E-state index in [-0.39, 0.29) is 21.9 Å². The third-order valence-electron chi connectivity index (χ3n) is 3.21. The highest BCUT2D eigenvalue weighted by atomic mass is 16.5. The first-order valence-corrected chi connectivity index (χ1v) is 6.43. The average molecular weight is 284 g/mol. The van der Waals surface area contributed by atoms with Crippen molar-refractivity contribution < 1.29 is 18.6 Å². The highest BCUT2D eigenvalue weighted by Gasteiger charge is 2.20. The Kier molecular flexibility index (Phi) is 4.52. The van der Waals surface area contributed by atoms with Gasteiger partial charge < -0.3 is 21.1 Å². The summed E-state index contributed by atoms with van der Waals surface area (Å²) >= 11 is 0. The van der Waals surface area contributed by atoms with Crippen molar-refractivity contribution in [3.8, 4) is 5.75 Å². The monoisotopic (exact) mass is 284 g/mol. The molecule has 1 fully saturated rings. The van der Waals surface area contributed by atoms with E-state index in [2.05, 4.69) is 15.6 Å². The van der Waals surface area contributed by atoms with Crippen LogP contribution in [0.5, 0.6) is 5.75 Å². The number of pyridine rings is 1. The van der Waals surface area contributed by atoms with Crippen LogP contribution in [-0.2, 0) is 11.3 Å². The molecule has 7 nitrogen and oxygen atoms in total. The minimum Gasteiger partial charge on any atom is -0.496 e. The van der Waals surface area contributed by atoms with Crippen molar-refractivity contribution >= 4 is 11.8 Å². The number of hydrogen-bond donors (Lipinski definition) is 3. The summed E-state index contributed by atoms with van der Waals surface area (Å²) in [7, 11) is 1.53. The number of aromatic nitrogens is 1. The molecule has 0 spiro atoms. The number of hydrogen-bond acceptors (Lipinski definition) is 5. The topological polar surface area (TPSA) is 106 Å².